The number of carbonyl (C=O) groups is 1. The van der Waals surface area contributed by atoms with Gasteiger partial charge in [0.1, 0.15) is 0 Å². The number of aromatic amines is 1. The maximum atomic E-state index is 12.3. The molecule has 3 heterocycles. The van der Waals surface area contributed by atoms with Gasteiger partial charge in [-0.25, -0.2) is 4.98 Å². The van der Waals surface area contributed by atoms with E-state index in [1.165, 1.54) is 0 Å². The Morgan fingerprint density at radius 3 is 3.18 bits per heavy atom. The number of nitrogens with one attached hydrogen (secondary N) is 1. The van der Waals surface area contributed by atoms with Gasteiger partial charge in [0.15, 0.2) is 5.82 Å². The average molecular weight is 303 g/mol. The number of hydrogen-bond acceptors (Lipinski definition) is 5. The Hall–Kier alpha value is -2.18. The summed E-state index contributed by atoms with van der Waals surface area (Å²) in [7, 11) is 0. The fourth-order valence-electron chi connectivity index (χ4n) is 2.75. The Kier molecular flexibility index (Phi) is 4.22. The van der Waals surface area contributed by atoms with Gasteiger partial charge >= 0.3 is 0 Å². The lowest BCUT2D eigenvalue weighted by atomic mass is 9.96. The molecule has 0 spiro atoms. The van der Waals surface area contributed by atoms with E-state index in [1.54, 1.807) is 12.4 Å². The molecule has 1 aliphatic rings. The van der Waals surface area contributed by atoms with E-state index < -0.39 is 0 Å². The van der Waals surface area contributed by atoms with Crippen molar-refractivity contribution in [3.63, 3.8) is 0 Å². The highest BCUT2D eigenvalue weighted by Crippen LogP contribution is 2.27. The Labute approximate surface area is 129 Å². The number of amides is 1. The van der Waals surface area contributed by atoms with E-state index in [-0.39, 0.29) is 17.7 Å². The molecule has 118 valence electrons. The Morgan fingerprint density at radius 2 is 2.45 bits per heavy atom. The van der Waals surface area contributed by atoms with Gasteiger partial charge in [-0.05, 0) is 19.3 Å². The van der Waals surface area contributed by atoms with Crippen LogP contribution < -0.4 is 0 Å². The first-order chi connectivity index (χ1) is 10.7. The molecule has 22 heavy (non-hydrogen) atoms. The van der Waals surface area contributed by atoms with E-state index in [9.17, 15) is 4.79 Å². The van der Waals surface area contributed by atoms with E-state index in [1.807, 2.05) is 18.7 Å². The Morgan fingerprint density at radius 1 is 1.59 bits per heavy atom. The number of nitrogens with zero attached hydrogens (tertiary/aromatic N) is 4. The molecule has 0 radical (unpaired) electrons. The van der Waals surface area contributed by atoms with Crippen molar-refractivity contribution in [3.8, 4) is 11.6 Å². The summed E-state index contributed by atoms with van der Waals surface area (Å²) < 4.78 is 5.38. The fourth-order valence-corrected chi connectivity index (χ4v) is 2.75. The van der Waals surface area contributed by atoms with Crippen LogP contribution in [0.5, 0.6) is 0 Å². The summed E-state index contributed by atoms with van der Waals surface area (Å²) in [5.41, 5.74) is 0. The van der Waals surface area contributed by atoms with Crippen molar-refractivity contribution < 1.29 is 9.32 Å². The van der Waals surface area contributed by atoms with Gasteiger partial charge in [0, 0.05) is 31.4 Å². The number of imidazole rings is 1. The molecular weight excluding hydrogens is 282 g/mol. The number of H-pyrrole nitrogens is 1. The highest BCUT2D eigenvalue weighted by atomic mass is 16.5. The van der Waals surface area contributed by atoms with Crippen LogP contribution in [0.2, 0.25) is 0 Å². The summed E-state index contributed by atoms with van der Waals surface area (Å²) in [6.45, 7) is 5.49. The molecule has 0 unspecified atom stereocenters. The average Bonchev–Trinajstić information content (AvgIpc) is 3.24. The first-order valence-corrected chi connectivity index (χ1v) is 7.81. The molecular formula is C15H21N5O2. The maximum Gasteiger partial charge on any atom is 0.238 e. The zero-order chi connectivity index (χ0) is 15.5. The highest BCUT2D eigenvalue weighted by molar-refractivity contribution is 5.78. The van der Waals surface area contributed by atoms with Gasteiger partial charge in [-0.2, -0.15) is 4.98 Å². The van der Waals surface area contributed by atoms with Gasteiger partial charge in [0.2, 0.25) is 17.6 Å². The largest absolute Gasteiger partial charge is 0.342 e. The minimum atomic E-state index is 0.0696. The van der Waals surface area contributed by atoms with Crippen LogP contribution in [-0.4, -0.2) is 44.0 Å². The van der Waals surface area contributed by atoms with E-state index in [0.717, 1.165) is 25.8 Å². The molecule has 2 aromatic heterocycles. The zero-order valence-corrected chi connectivity index (χ0v) is 13.0. The number of likely N-dealkylation sites (tertiary alicyclic amines) is 1. The van der Waals surface area contributed by atoms with E-state index >= 15 is 0 Å². The van der Waals surface area contributed by atoms with E-state index in [4.69, 9.17) is 4.52 Å². The normalized spacial score (nSPS) is 20.1. The van der Waals surface area contributed by atoms with Crippen molar-refractivity contribution in [2.75, 3.05) is 13.1 Å². The molecule has 0 aromatic carbocycles. The highest BCUT2D eigenvalue weighted by Gasteiger charge is 2.30. The maximum absolute atomic E-state index is 12.3. The molecule has 1 aliphatic heterocycles. The molecule has 7 heteroatoms. The van der Waals surface area contributed by atoms with Crippen LogP contribution in [0.25, 0.3) is 11.6 Å². The van der Waals surface area contributed by atoms with Gasteiger partial charge in [-0.15, -0.1) is 0 Å². The molecule has 0 saturated carbocycles. The first-order valence-electron chi connectivity index (χ1n) is 7.81. The number of piperidine rings is 1. The smallest absolute Gasteiger partial charge is 0.238 e. The third kappa shape index (κ3) is 2.88. The lowest BCUT2D eigenvalue weighted by Crippen LogP contribution is -2.41. The summed E-state index contributed by atoms with van der Waals surface area (Å²) in [5, 5.41) is 3.97. The summed E-state index contributed by atoms with van der Waals surface area (Å²) in [5.74, 6) is 2.05. The number of aromatic nitrogens is 4. The zero-order valence-electron chi connectivity index (χ0n) is 13.0. The van der Waals surface area contributed by atoms with Crippen molar-refractivity contribution in [2.45, 2.75) is 39.0 Å². The first kappa shape index (κ1) is 14.7. The van der Waals surface area contributed by atoms with Crippen LogP contribution >= 0.6 is 0 Å². The van der Waals surface area contributed by atoms with Crippen molar-refractivity contribution in [3.05, 3.63) is 18.3 Å². The number of hydrogen-bond donors (Lipinski definition) is 1. The van der Waals surface area contributed by atoms with Gasteiger partial charge in [0.25, 0.3) is 0 Å². The van der Waals surface area contributed by atoms with Crippen LogP contribution in [0.15, 0.2) is 16.9 Å². The second-order valence-electron chi connectivity index (χ2n) is 5.83. The summed E-state index contributed by atoms with van der Waals surface area (Å²) in [6.07, 6.45) is 6.16. The Balaban J connectivity index is 1.71. The molecule has 7 nitrogen and oxygen atoms in total. The molecule has 0 aliphatic carbocycles. The summed E-state index contributed by atoms with van der Waals surface area (Å²) in [6, 6.07) is 0. The Bertz CT molecular complexity index is 622. The predicted molar refractivity (Wildman–Crippen MR) is 79.9 cm³/mol. The number of rotatable bonds is 4. The number of carbonyl (C=O) groups excluding carboxylic acids is 1. The molecule has 0 bridgehead atoms. The van der Waals surface area contributed by atoms with Crippen LogP contribution in [0, 0.1) is 5.92 Å². The molecule has 1 saturated heterocycles. The standard InChI is InChI=1S/C15H21N5O2/c1-3-10(2)15(21)20-8-4-5-11(9-20)14-18-13(19-22-14)12-16-6-7-17-12/h6-7,10-11H,3-5,8-9H2,1-2H3,(H,16,17)/t10-,11+/m1/s1. The van der Waals surface area contributed by atoms with Crippen LogP contribution in [0.3, 0.4) is 0 Å². The molecule has 2 aromatic rings. The summed E-state index contributed by atoms with van der Waals surface area (Å²) in [4.78, 5) is 25.8. The molecule has 1 fully saturated rings. The summed E-state index contributed by atoms with van der Waals surface area (Å²) >= 11 is 0. The minimum absolute atomic E-state index is 0.0696. The topological polar surface area (TPSA) is 87.9 Å². The quantitative estimate of drug-likeness (QED) is 0.935. The van der Waals surface area contributed by atoms with Crippen LogP contribution in [0.1, 0.15) is 44.9 Å². The van der Waals surface area contributed by atoms with Gasteiger partial charge in [-0.1, -0.05) is 19.0 Å². The molecule has 3 rings (SSSR count). The van der Waals surface area contributed by atoms with Crippen molar-refractivity contribution in [1.29, 1.82) is 0 Å². The van der Waals surface area contributed by atoms with Gasteiger partial charge in [0.05, 0.1) is 5.92 Å². The van der Waals surface area contributed by atoms with Crippen molar-refractivity contribution in [1.82, 2.24) is 25.0 Å². The van der Waals surface area contributed by atoms with Gasteiger partial charge in [-0.3, -0.25) is 4.79 Å². The second kappa shape index (κ2) is 6.29. The third-order valence-corrected chi connectivity index (χ3v) is 4.27. The van der Waals surface area contributed by atoms with E-state index in [2.05, 4.69) is 20.1 Å². The van der Waals surface area contributed by atoms with Crippen LogP contribution in [0.4, 0.5) is 0 Å². The van der Waals surface area contributed by atoms with E-state index in [0.29, 0.717) is 24.1 Å². The minimum Gasteiger partial charge on any atom is -0.342 e. The second-order valence-corrected chi connectivity index (χ2v) is 5.83. The SMILES string of the molecule is CC[C@@H](C)C(=O)N1CCC[C@H](c2nc(-c3ncc[nH]3)no2)C1. The third-order valence-electron chi connectivity index (χ3n) is 4.27. The van der Waals surface area contributed by atoms with Crippen LogP contribution in [-0.2, 0) is 4.79 Å². The molecule has 1 N–H and O–H groups in total. The molecule has 2 atom stereocenters. The lowest BCUT2D eigenvalue weighted by molar-refractivity contribution is -0.136. The predicted octanol–water partition coefficient (Wildman–Crippen LogP) is 2.21. The van der Waals surface area contributed by atoms with Crippen molar-refractivity contribution >= 4 is 5.91 Å². The lowest BCUT2D eigenvalue weighted by Gasteiger charge is -2.32. The monoisotopic (exact) mass is 303 g/mol. The molecule has 1 amide bonds. The fraction of sp³-hybridized carbons (Fsp3) is 0.600. The van der Waals surface area contributed by atoms with Crippen molar-refractivity contribution in [2.24, 2.45) is 5.92 Å². The van der Waals surface area contributed by atoms with Gasteiger partial charge < -0.3 is 14.4 Å².